The quantitative estimate of drug-likeness (QED) is 0.798. The van der Waals surface area contributed by atoms with E-state index >= 15 is 0 Å². The van der Waals surface area contributed by atoms with Gasteiger partial charge < -0.3 is 10.4 Å². The first-order chi connectivity index (χ1) is 8.45. The third-order valence-electron chi connectivity index (χ3n) is 2.24. The molecule has 0 aliphatic rings. The molecule has 0 aliphatic carbocycles. The zero-order chi connectivity index (χ0) is 13.7. The number of nitrogens with zero attached hydrogens (tertiary/aromatic N) is 1. The molecule has 0 spiro atoms. The number of aromatic nitrogens is 1. The Bertz CT molecular complexity index is 488. The molecule has 0 fully saturated rings. The molecule has 0 bridgehead atoms. The smallest absolute Gasteiger partial charge is 0.326 e. The van der Waals surface area contributed by atoms with Gasteiger partial charge >= 0.3 is 5.97 Å². The molecule has 0 aliphatic heterocycles. The van der Waals surface area contributed by atoms with Gasteiger partial charge in [-0.2, -0.15) is 0 Å². The van der Waals surface area contributed by atoms with Gasteiger partial charge in [-0.15, -0.1) is 6.58 Å². The van der Waals surface area contributed by atoms with Crippen molar-refractivity contribution in [1.29, 1.82) is 0 Å². The number of hydrogen-bond acceptors (Lipinski definition) is 3. The Balaban J connectivity index is 2.86. The van der Waals surface area contributed by atoms with Crippen LogP contribution in [0.25, 0.3) is 0 Å². The summed E-state index contributed by atoms with van der Waals surface area (Å²) in [4.78, 5) is 26.7. The summed E-state index contributed by atoms with van der Waals surface area (Å²) >= 11 is 5.90. The zero-order valence-electron chi connectivity index (χ0n) is 9.81. The van der Waals surface area contributed by atoms with Gasteiger partial charge in [0.15, 0.2) is 0 Å². The Morgan fingerprint density at radius 3 is 2.83 bits per heavy atom. The largest absolute Gasteiger partial charge is 0.480 e. The van der Waals surface area contributed by atoms with E-state index in [9.17, 15) is 9.59 Å². The summed E-state index contributed by atoms with van der Waals surface area (Å²) in [6.07, 6.45) is 2.88. The van der Waals surface area contributed by atoms with Gasteiger partial charge in [-0.05, 0) is 19.4 Å². The zero-order valence-corrected chi connectivity index (χ0v) is 10.6. The van der Waals surface area contributed by atoms with Gasteiger partial charge in [0.05, 0.1) is 10.6 Å². The number of halogens is 1. The Kier molecular flexibility index (Phi) is 4.85. The number of carboxylic acids is 1. The van der Waals surface area contributed by atoms with Crippen LogP contribution < -0.4 is 5.32 Å². The van der Waals surface area contributed by atoms with Gasteiger partial charge in [0.25, 0.3) is 5.91 Å². The second-order valence-electron chi connectivity index (χ2n) is 3.69. The molecule has 2 N–H and O–H groups in total. The second kappa shape index (κ2) is 6.16. The summed E-state index contributed by atoms with van der Waals surface area (Å²) in [6.45, 7) is 5.18. The molecule has 1 atom stereocenters. The van der Waals surface area contributed by atoms with E-state index in [1.807, 2.05) is 0 Å². The highest BCUT2D eigenvalue weighted by Crippen LogP contribution is 2.15. The number of pyridine rings is 1. The van der Waals surface area contributed by atoms with Crippen molar-refractivity contribution < 1.29 is 14.7 Å². The van der Waals surface area contributed by atoms with Crippen molar-refractivity contribution in [3.63, 3.8) is 0 Å². The number of carbonyl (C=O) groups is 2. The minimum atomic E-state index is -1.13. The van der Waals surface area contributed by atoms with Gasteiger partial charge in [0, 0.05) is 11.9 Å². The predicted octanol–water partition coefficient (Wildman–Crippen LogP) is 1.80. The fraction of sp³-hybridized carbons (Fsp3) is 0.250. The van der Waals surface area contributed by atoms with Crippen molar-refractivity contribution in [2.45, 2.75) is 19.4 Å². The standard InChI is InChI=1S/C12H13ClN2O3/c1-3-4-10(12(17)18)15-11(16)8-6-14-7(2)5-9(8)13/h3,5-6,10H,1,4H2,2H3,(H,15,16)(H,17,18). The fourth-order valence-electron chi connectivity index (χ4n) is 1.32. The van der Waals surface area contributed by atoms with Gasteiger partial charge in [0.1, 0.15) is 6.04 Å². The molecule has 1 unspecified atom stereocenters. The van der Waals surface area contributed by atoms with Crippen molar-refractivity contribution in [3.8, 4) is 0 Å². The molecule has 1 aromatic heterocycles. The third kappa shape index (κ3) is 3.56. The maximum absolute atomic E-state index is 11.8. The van der Waals surface area contributed by atoms with E-state index in [0.29, 0.717) is 5.69 Å². The summed E-state index contributed by atoms with van der Waals surface area (Å²) in [5.41, 5.74) is 0.829. The summed E-state index contributed by atoms with van der Waals surface area (Å²) in [6, 6.07) is 0.520. The number of amides is 1. The van der Waals surface area contributed by atoms with E-state index in [4.69, 9.17) is 16.7 Å². The van der Waals surface area contributed by atoms with Crippen LogP contribution >= 0.6 is 11.6 Å². The van der Waals surface area contributed by atoms with Crippen molar-refractivity contribution in [1.82, 2.24) is 10.3 Å². The van der Waals surface area contributed by atoms with E-state index < -0.39 is 17.9 Å². The fourth-order valence-corrected chi connectivity index (χ4v) is 1.61. The minimum absolute atomic E-state index is 0.137. The Labute approximate surface area is 109 Å². The second-order valence-corrected chi connectivity index (χ2v) is 4.10. The third-order valence-corrected chi connectivity index (χ3v) is 2.55. The van der Waals surface area contributed by atoms with Gasteiger partial charge in [-0.3, -0.25) is 9.78 Å². The SMILES string of the molecule is C=CCC(NC(=O)c1cnc(C)cc1Cl)C(=O)O. The first kappa shape index (κ1) is 14.2. The summed E-state index contributed by atoms with van der Waals surface area (Å²) < 4.78 is 0. The molecule has 1 heterocycles. The van der Waals surface area contributed by atoms with E-state index in [1.165, 1.54) is 12.3 Å². The van der Waals surface area contributed by atoms with Crippen LogP contribution in [0.3, 0.4) is 0 Å². The molecule has 0 aromatic carbocycles. The number of nitrogens with one attached hydrogen (secondary N) is 1. The lowest BCUT2D eigenvalue weighted by Gasteiger charge is -2.13. The van der Waals surface area contributed by atoms with Crippen LogP contribution in [0.2, 0.25) is 5.02 Å². The molecule has 0 radical (unpaired) electrons. The summed E-state index contributed by atoms with van der Waals surface area (Å²) in [5, 5.41) is 11.5. The van der Waals surface area contributed by atoms with Crippen molar-refractivity contribution in [2.24, 2.45) is 0 Å². The number of aryl methyl sites for hydroxylation is 1. The lowest BCUT2D eigenvalue weighted by molar-refractivity contribution is -0.139. The highest BCUT2D eigenvalue weighted by atomic mass is 35.5. The minimum Gasteiger partial charge on any atom is -0.480 e. The predicted molar refractivity (Wildman–Crippen MR) is 67.7 cm³/mol. The van der Waals surface area contributed by atoms with Crippen LogP contribution in [0.5, 0.6) is 0 Å². The molecule has 6 heteroatoms. The summed E-state index contributed by atoms with van der Waals surface area (Å²) in [5.74, 6) is -1.69. The molecule has 0 saturated carbocycles. The number of hydrogen-bond donors (Lipinski definition) is 2. The highest BCUT2D eigenvalue weighted by Gasteiger charge is 2.20. The normalized spacial score (nSPS) is 11.7. The van der Waals surface area contributed by atoms with E-state index in [-0.39, 0.29) is 17.0 Å². The molecule has 96 valence electrons. The number of aliphatic carboxylic acids is 1. The van der Waals surface area contributed by atoms with Crippen molar-refractivity contribution in [2.75, 3.05) is 0 Å². The average Bonchev–Trinajstić information content (AvgIpc) is 2.27. The van der Waals surface area contributed by atoms with Crippen LogP contribution in [0.15, 0.2) is 24.9 Å². The molecule has 0 saturated heterocycles. The lowest BCUT2D eigenvalue weighted by Crippen LogP contribution is -2.40. The number of rotatable bonds is 5. The van der Waals surface area contributed by atoms with E-state index in [1.54, 1.807) is 13.0 Å². The molecule has 1 rings (SSSR count). The highest BCUT2D eigenvalue weighted by molar-refractivity contribution is 6.33. The number of carbonyl (C=O) groups excluding carboxylic acids is 1. The topological polar surface area (TPSA) is 79.3 Å². The van der Waals surface area contributed by atoms with E-state index in [0.717, 1.165) is 0 Å². The maximum atomic E-state index is 11.8. The first-order valence-electron chi connectivity index (χ1n) is 5.22. The first-order valence-corrected chi connectivity index (χ1v) is 5.60. The van der Waals surface area contributed by atoms with Crippen molar-refractivity contribution in [3.05, 3.63) is 41.2 Å². The molecule has 5 nitrogen and oxygen atoms in total. The lowest BCUT2D eigenvalue weighted by atomic mass is 10.2. The van der Waals surface area contributed by atoms with Crippen molar-refractivity contribution >= 4 is 23.5 Å². The van der Waals surface area contributed by atoms with Gasteiger partial charge in [-0.25, -0.2) is 4.79 Å². The Morgan fingerprint density at radius 1 is 1.67 bits per heavy atom. The van der Waals surface area contributed by atoms with Gasteiger partial charge in [-0.1, -0.05) is 17.7 Å². The van der Waals surface area contributed by atoms with Gasteiger partial charge in [0.2, 0.25) is 0 Å². The molecule has 1 amide bonds. The Hall–Kier alpha value is -1.88. The average molecular weight is 269 g/mol. The van der Waals surface area contributed by atoms with E-state index in [2.05, 4.69) is 16.9 Å². The van der Waals surface area contributed by atoms with Crippen LogP contribution in [0.1, 0.15) is 22.5 Å². The molecule has 18 heavy (non-hydrogen) atoms. The summed E-state index contributed by atoms with van der Waals surface area (Å²) in [7, 11) is 0. The van der Waals surface area contributed by atoms with Crippen LogP contribution in [0.4, 0.5) is 0 Å². The molecular weight excluding hydrogens is 256 g/mol. The Morgan fingerprint density at radius 2 is 2.33 bits per heavy atom. The molecule has 1 aromatic rings. The van der Waals surface area contributed by atoms with Crippen LogP contribution in [-0.4, -0.2) is 28.0 Å². The number of carboxylic acid groups (broad SMARTS) is 1. The van der Waals surface area contributed by atoms with Crippen LogP contribution in [-0.2, 0) is 4.79 Å². The van der Waals surface area contributed by atoms with Crippen LogP contribution in [0, 0.1) is 6.92 Å². The molecular formula is C12H13ClN2O3. The maximum Gasteiger partial charge on any atom is 0.326 e. The monoisotopic (exact) mass is 268 g/mol.